The first-order valence-electron chi connectivity index (χ1n) is 8.33. The summed E-state index contributed by atoms with van der Waals surface area (Å²) < 4.78 is 1.71. The summed E-state index contributed by atoms with van der Waals surface area (Å²) in [5.74, 6) is 0. The quantitative estimate of drug-likeness (QED) is 0.468. The zero-order valence-corrected chi connectivity index (χ0v) is 15.9. The first kappa shape index (κ1) is 17.8. The van der Waals surface area contributed by atoms with Crippen molar-refractivity contribution >= 4 is 34.5 Å². The van der Waals surface area contributed by atoms with E-state index in [-0.39, 0.29) is 0 Å². The van der Waals surface area contributed by atoms with Gasteiger partial charge in [0, 0.05) is 16.9 Å². The largest absolute Gasteiger partial charge is 0.369 e. The van der Waals surface area contributed by atoms with Crippen LogP contribution < -0.4 is 5.32 Å². The molecule has 0 spiro atoms. The summed E-state index contributed by atoms with van der Waals surface area (Å²) in [5.41, 5.74) is 4.56. The van der Waals surface area contributed by atoms with Crippen LogP contribution in [-0.4, -0.2) is 19.7 Å². The minimum atomic E-state index is -1.00. The number of rotatable bonds is 4. The SMILES string of the molecule is Cc1cc(-c2ccccc2)nc2c(C(O)Nc3ccc(Cl)c(Cl)c3)cnn12. The van der Waals surface area contributed by atoms with Crippen molar-refractivity contribution in [2.75, 3.05) is 5.32 Å². The highest BCUT2D eigenvalue weighted by Gasteiger charge is 2.17. The van der Waals surface area contributed by atoms with Crippen LogP contribution in [0.25, 0.3) is 16.9 Å². The molecule has 0 amide bonds. The van der Waals surface area contributed by atoms with Crippen molar-refractivity contribution in [3.63, 3.8) is 0 Å². The fourth-order valence-electron chi connectivity index (χ4n) is 2.90. The highest BCUT2D eigenvalue weighted by atomic mass is 35.5. The van der Waals surface area contributed by atoms with E-state index >= 15 is 0 Å². The van der Waals surface area contributed by atoms with Crippen LogP contribution in [0.15, 0.2) is 60.8 Å². The maximum Gasteiger partial charge on any atom is 0.163 e. The second-order valence-electron chi connectivity index (χ2n) is 6.16. The number of benzene rings is 2. The van der Waals surface area contributed by atoms with E-state index in [2.05, 4.69) is 10.4 Å². The van der Waals surface area contributed by atoms with Crippen LogP contribution in [0.1, 0.15) is 17.5 Å². The molecule has 5 nitrogen and oxygen atoms in total. The number of hydrogen-bond donors (Lipinski definition) is 2. The molecule has 136 valence electrons. The average Bonchev–Trinajstić information content (AvgIpc) is 3.10. The maximum atomic E-state index is 10.7. The maximum absolute atomic E-state index is 10.7. The molecule has 2 N–H and O–H groups in total. The molecule has 1 atom stereocenters. The summed E-state index contributed by atoms with van der Waals surface area (Å²) in [5, 5.41) is 18.9. The molecule has 4 aromatic rings. The number of fused-ring (bicyclic) bond motifs is 1. The van der Waals surface area contributed by atoms with Crippen LogP contribution in [0.3, 0.4) is 0 Å². The van der Waals surface area contributed by atoms with Gasteiger partial charge in [0.2, 0.25) is 0 Å². The van der Waals surface area contributed by atoms with Gasteiger partial charge in [-0.25, -0.2) is 9.50 Å². The average molecular weight is 399 g/mol. The van der Waals surface area contributed by atoms with Gasteiger partial charge in [0.05, 0.1) is 27.5 Å². The second-order valence-corrected chi connectivity index (χ2v) is 6.97. The summed E-state index contributed by atoms with van der Waals surface area (Å²) in [4.78, 5) is 4.71. The molecule has 2 aromatic carbocycles. The minimum Gasteiger partial charge on any atom is -0.369 e. The van der Waals surface area contributed by atoms with Gasteiger partial charge >= 0.3 is 0 Å². The van der Waals surface area contributed by atoms with Crippen LogP contribution in [0.2, 0.25) is 10.0 Å². The number of aliphatic hydroxyl groups is 1. The minimum absolute atomic E-state index is 0.411. The van der Waals surface area contributed by atoms with E-state index in [4.69, 9.17) is 28.2 Å². The predicted molar refractivity (Wildman–Crippen MR) is 108 cm³/mol. The molecule has 0 saturated carbocycles. The predicted octanol–water partition coefficient (Wildman–Crippen LogP) is 5.11. The molecule has 27 heavy (non-hydrogen) atoms. The molecule has 0 aliphatic carbocycles. The third-order valence-electron chi connectivity index (χ3n) is 4.26. The molecule has 0 fully saturated rings. The van der Waals surface area contributed by atoms with Gasteiger partial charge in [-0.1, -0.05) is 53.5 Å². The lowest BCUT2D eigenvalue weighted by molar-refractivity contribution is 0.209. The van der Waals surface area contributed by atoms with Crippen molar-refractivity contribution in [2.45, 2.75) is 13.2 Å². The van der Waals surface area contributed by atoms with Crippen molar-refractivity contribution in [2.24, 2.45) is 0 Å². The van der Waals surface area contributed by atoms with E-state index in [0.717, 1.165) is 17.0 Å². The number of nitrogens with zero attached hydrogens (tertiary/aromatic N) is 3. The van der Waals surface area contributed by atoms with Crippen LogP contribution in [0, 0.1) is 6.92 Å². The fourth-order valence-corrected chi connectivity index (χ4v) is 3.20. The molecule has 2 aromatic heterocycles. The Kier molecular flexibility index (Phi) is 4.74. The standard InChI is InChI=1S/C20H16Cl2N4O/c1-12-9-18(13-5-3-2-4-6-13)25-19-15(11-23-26(12)19)20(27)24-14-7-8-16(21)17(22)10-14/h2-11,20,24,27H,1H3. The Morgan fingerprint density at radius 1 is 1.04 bits per heavy atom. The van der Waals surface area contributed by atoms with Crippen molar-refractivity contribution in [3.8, 4) is 11.3 Å². The van der Waals surface area contributed by atoms with Crippen molar-refractivity contribution in [3.05, 3.63) is 82.1 Å². The van der Waals surface area contributed by atoms with E-state index < -0.39 is 6.23 Å². The number of anilines is 1. The summed E-state index contributed by atoms with van der Waals surface area (Å²) in [6.45, 7) is 1.96. The van der Waals surface area contributed by atoms with Gasteiger partial charge < -0.3 is 10.4 Å². The molecule has 0 aliphatic heterocycles. The number of aryl methyl sites for hydroxylation is 1. The van der Waals surface area contributed by atoms with Gasteiger partial charge in [-0.3, -0.25) is 0 Å². The Hall–Kier alpha value is -2.60. The molecular weight excluding hydrogens is 383 g/mol. The molecule has 0 bridgehead atoms. The summed E-state index contributed by atoms with van der Waals surface area (Å²) in [6, 6.07) is 16.9. The van der Waals surface area contributed by atoms with Crippen LogP contribution in [0.4, 0.5) is 5.69 Å². The van der Waals surface area contributed by atoms with Gasteiger partial charge in [0.1, 0.15) is 0 Å². The number of nitrogens with one attached hydrogen (secondary N) is 1. The fraction of sp³-hybridized carbons (Fsp3) is 0.100. The molecule has 0 saturated heterocycles. The molecule has 2 heterocycles. The Bertz CT molecular complexity index is 1110. The monoisotopic (exact) mass is 398 g/mol. The summed E-state index contributed by atoms with van der Waals surface area (Å²) in [7, 11) is 0. The van der Waals surface area contributed by atoms with Gasteiger partial charge in [-0.2, -0.15) is 5.10 Å². The number of aliphatic hydroxyl groups excluding tert-OH is 1. The topological polar surface area (TPSA) is 62.5 Å². The lowest BCUT2D eigenvalue weighted by atomic mass is 10.1. The third-order valence-corrected chi connectivity index (χ3v) is 5.00. The van der Waals surface area contributed by atoms with E-state index in [1.807, 2.05) is 43.3 Å². The number of hydrogen-bond acceptors (Lipinski definition) is 4. The normalized spacial score (nSPS) is 12.3. The van der Waals surface area contributed by atoms with Crippen molar-refractivity contribution in [1.82, 2.24) is 14.6 Å². The summed E-state index contributed by atoms with van der Waals surface area (Å²) >= 11 is 12.0. The van der Waals surface area contributed by atoms with Crippen molar-refractivity contribution < 1.29 is 5.11 Å². The molecular formula is C20H16Cl2N4O. The second kappa shape index (κ2) is 7.19. The molecule has 0 aliphatic rings. The van der Waals surface area contributed by atoms with Crippen LogP contribution in [-0.2, 0) is 0 Å². The van der Waals surface area contributed by atoms with Crippen LogP contribution >= 0.6 is 23.2 Å². The lowest BCUT2D eigenvalue weighted by Crippen LogP contribution is -2.10. The number of halogens is 2. The smallest absolute Gasteiger partial charge is 0.163 e. The zero-order chi connectivity index (χ0) is 19.0. The lowest BCUT2D eigenvalue weighted by Gasteiger charge is -2.14. The molecule has 0 radical (unpaired) electrons. The number of aromatic nitrogens is 3. The van der Waals surface area contributed by atoms with Crippen molar-refractivity contribution in [1.29, 1.82) is 0 Å². The van der Waals surface area contributed by atoms with Gasteiger partial charge in [0.15, 0.2) is 11.9 Å². The van der Waals surface area contributed by atoms with Crippen LogP contribution in [0.5, 0.6) is 0 Å². The Morgan fingerprint density at radius 2 is 1.81 bits per heavy atom. The molecule has 1 unspecified atom stereocenters. The molecule has 4 rings (SSSR count). The van der Waals surface area contributed by atoms with E-state index in [0.29, 0.717) is 26.9 Å². The first-order valence-corrected chi connectivity index (χ1v) is 9.09. The molecule has 7 heteroatoms. The van der Waals surface area contributed by atoms with Gasteiger partial charge in [-0.15, -0.1) is 0 Å². The first-order chi connectivity index (χ1) is 13.0. The third kappa shape index (κ3) is 3.49. The summed E-state index contributed by atoms with van der Waals surface area (Å²) in [6.07, 6.45) is 0.608. The zero-order valence-electron chi connectivity index (χ0n) is 14.4. The van der Waals surface area contributed by atoms with E-state index in [1.165, 1.54) is 0 Å². The Morgan fingerprint density at radius 3 is 2.56 bits per heavy atom. The highest BCUT2D eigenvalue weighted by molar-refractivity contribution is 6.42. The van der Waals surface area contributed by atoms with E-state index in [9.17, 15) is 5.11 Å². The van der Waals surface area contributed by atoms with E-state index in [1.54, 1.807) is 28.9 Å². The van der Waals surface area contributed by atoms with Gasteiger partial charge in [0.25, 0.3) is 0 Å². The highest BCUT2D eigenvalue weighted by Crippen LogP contribution is 2.28. The van der Waals surface area contributed by atoms with Gasteiger partial charge in [-0.05, 0) is 31.2 Å². The Labute approximate surface area is 166 Å². The Balaban J connectivity index is 1.73.